The molecule has 2 aromatic heterocycles. The Morgan fingerprint density at radius 1 is 1.32 bits per heavy atom. The predicted octanol–water partition coefficient (Wildman–Crippen LogP) is 2.58. The van der Waals surface area contributed by atoms with Gasteiger partial charge in [0.25, 0.3) is 5.91 Å². The number of carbonyl (C=O) groups excluding carboxylic acids is 1. The molecule has 0 unspecified atom stereocenters. The number of hydrogen-bond acceptors (Lipinski definition) is 5. The Bertz CT molecular complexity index is 904. The van der Waals surface area contributed by atoms with Crippen molar-refractivity contribution in [1.29, 1.82) is 0 Å². The van der Waals surface area contributed by atoms with Crippen LogP contribution in [0.15, 0.2) is 12.3 Å². The fourth-order valence-corrected chi connectivity index (χ4v) is 4.42. The third-order valence-corrected chi connectivity index (χ3v) is 5.74. The van der Waals surface area contributed by atoms with Crippen molar-refractivity contribution in [3.05, 3.63) is 40.3 Å². The maximum atomic E-state index is 13.6. The van der Waals surface area contributed by atoms with Crippen molar-refractivity contribution in [2.24, 2.45) is 0 Å². The molecule has 4 rings (SSSR count). The fraction of sp³-hybridized carbons (Fsp3) is 0.571. The van der Waals surface area contributed by atoms with E-state index < -0.39 is 0 Å². The van der Waals surface area contributed by atoms with Crippen LogP contribution < -0.4 is 4.90 Å². The molecular weight excluding hydrogens is 354 g/mol. The highest BCUT2D eigenvalue weighted by atomic mass is 16.5. The molecule has 2 aliphatic heterocycles. The highest BCUT2D eigenvalue weighted by Crippen LogP contribution is 2.33. The van der Waals surface area contributed by atoms with Crippen LogP contribution in [-0.4, -0.2) is 52.3 Å². The van der Waals surface area contributed by atoms with E-state index in [0.29, 0.717) is 19.6 Å². The summed E-state index contributed by atoms with van der Waals surface area (Å²) in [5.41, 5.74) is 5.13. The molecule has 0 aromatic carbocycles. The van der Waals surface area contributed by atoms with E-state index in [9.17, 15) is 4.79 Å². The number of anilines is 1. The van der Waals surface area contributed by atoms with Gasteiger partial charge in [-0.25, -0.2) is 4.98 Å². The molecule has 2 atom stereocenters. The van der Waals surface area contributed by atoms with Gasteiger partial charge in [0.1, 0.15) is 11.5 Å². The minimum Gasteiger partial charge on any atom is -0.369 e. The smallest absolute Gasteiger partial charge is 0.272 e. The van der Waals surface area contributed by atoms with Gasteiger partial charge >= 0.3 is 0 Å². The molecule has 0 saturated carbocycles. The summed E-state index contributed by atoms with van der Waals surface area (Å²) >= 11 is 0. The minimum absolute atomic E-state index is 0.0658. The van der Waals surface area contributed by atoms with Crippen LogP contribution in [0.3, 0.4) is 0 Å². The zero-order chi connectivity index (χ0) is 20.0. The Kier molecular flexibility index (Phi) is 4.87. The SMILES string of the molecule is CCn1nc2c(c1C(=O)N1CCc3ccnc(N(C)C)c3C1)C[C@H](C)O[C@@H]2C. The maximum Gasteiger partial charge on any atom is 0.272 e. The number of pyridine rings is 1. The molecule has 0 N–H and O–H groups in total. The third-order valence-electron chi connectivity index (χ3n) is 5.74. The average molecular weight is 383 g/mol. The van der Waals surface area contributed by atoms with Crippen LogP contribution in [0.5, 0.6) is 0 Å². The van der Waals surface area contributed by atoms with E-state index >= 15 is 0 Å². The summed E-state index contributed by atoms with van der Waals surface area (Å²) in [6.45, 7) is 8.08. The molecule has 2 aliphatic rings. The van der Waals surface area contributed by atoms with E-state index in [2.05, 4.69) is 18.0 Å². The van der Waals surface area contributed by atoms with Gasteiger partial charge in [0.15, 0.2) is 0 Å². The van der Waals surface area contributed by atoms with Gasteiger partial charge in [-0.15, -0.1) is 0 Å². The molecule has 0 bridgehead atoms. The first-order valence-corrected chi connectivity index (χ1v) is 10.1. The lowest BCUT2D eigenvalue weighted by Gasteiger charge is -2.32. The summed E-state index contributed by atoms with van der Waals surface area (Å²) in [5, 5.41) is 4.71. The molecule has 150 valence electrons. The molecule has 2 aromatic rings. The Labute approximate surface area is 166 Å². The summed E-state index contributed by atoms with van der Waals surface area (Å²) < 4.78 is 7.78. The van der Waals surface area contributed by atoms with Crippen LogP contribution >= 0.6 is 0 Å². The van der Waals surface area contributed by atoms with E-state index in [1.807, 2.05) is 48.6 Å². The molecule has 0 spiro atoms. The lowest BCUT2D eigenvalue weighted by Crippen LogP contribution is -2.38. The van der Waals surface area contributed by atoms with Crippen molar-refractivity contribution in [3.8, 4) is 0 Å². The fourth-order valence-electron chi connectivity index (χ4n) is 4.42. The van der Waals surface area contributed by atoms with Crippen molar-refractivity contribution >= 4 is 11.7 Å². The molecule has 0 aliphatic carbocycles. The summed E-state index contributed by atoms with van der Waals surface area (Å²) in [6, 6.07) is 2.07. The summed E-state index contributed by atoms with van der Waals surface area (Å²) in [6.07, 6.45) is 3.45. The number of hydrogen-bond donors (Lipinski definition) is 0. The van der Waals surface area contributed by atoms with E-state index in [1.54, 1.807) is 0 Å². The van der Waals surface area contributed by atoms with Crippen LogP contribution in [0.2, 0.25) is 0 Å². The number of ether oxygens (including phenoxy) is 1. The van der Waals surface area contributed by atoms with Gasteiger partial charge in [-0.1, -0.05) is 0 Å². The van der Waals surface area contributed by atoms with Crippen molar-refractivity contribution in [3.63, 3.8) is 0 Å². The van der Waals surface area contributed by atoms with Crippen LogP contribution in [0.1, 0.15) is 59.7 Å². The van der Waals surface area contributed by atoms with Crippen molar-refractivity contribution in [1.82, 2.24) is 19.7 Å². The normalized spacial score (nSPS) is 21.2. The molecule has 0 saturated heterocycles. The zero-order valence-electron chi connectivity index (χ0n) is 17.4. The first-order valence-electron chi connectivity index (χ1n) is 10.1. The molecule has 0 fully saturated rings. The first-order chi connectivity index (χ1) is 13.4. The summed E-state index contributed by atoms with van der Waals surface area (Å²) in [5.74, 6) is 1.01. The number of fused-ring (bicyclic) bond motifs is 2. The second-order valence-corrected chi connectivity index (χ2v) is 7.96. The second-order valence-electron chi connectivity index (χ2n) is 7.96. The number of aromatic nitrogens is 3. The second kappa shape index (κ2) is 7.20. The van der Waals surface area contributed by atoms with Crippen LogP contribution in [-0.2, 0) is 30.7 Å². The quantitative estimate of drug-likeness (QED) is 0.815. The van der Waals surface area contributed by atoms with E-state index in [1.165, 1.54) is 5.56 Å². The number of rotatable bonds is 3. The van der Waals surface area contributed by atoms with Crippen molar-refractivity contribution < 1.29 is 9.53 Å². The summed E-state index contributed by atoms with van der Waals surface area (Å²) in [4.78, 5) is 22.1. The Hall–Kier alpha value is -2.41. The van der Waals surface area contributed by atoms with E-state index in [0.717, 1.165) is 41.2 Å². The molecule has 4 heterocycles. The molecular formula is C21H29N5O2. The number of nitrogens with zero attached hydrogens (tertiary/aromatic N) is 5. The maximum absolute atomic E-state index is 13.6. The molecule has 1 amide bonds. The third kappa shape index (κ3) is 3.07. The average Bonchev–Trinajstić information content (AvgIpc) is 3.05. The van der Waals surface area contributed by atoms with Gasteiger partial charge in [-0.05, 0) is 38.8 Å². The minimum atomic E-state index is -0.0790. The predicted molar refractivity (Wildman–Crippen MR) is 108 cm³/mol. The molecule has 7 heteroatoms. The Morgan fingerprint density at radius 3 is 2.82 bits per heavy atom. The molecule has 7 nitrogen and oxygen atoms in total. The molecule has 0 radical (unpaired) electrons. The number of amides is 1. The largest absolute Gasteiger partial charge is 0.369 e. The van der Waals surface area contributed by atoms with Crippen LogP contribution in [0.4, 0.5) is 5.82 Å². The van der Waals surface area contributed by atoms with Crippen molar-refractivity contribution in [2.45, 2.75) is 58.9 Å². The monoisotopic (exact) mass is 383 g/mol. The number of aryl methyl sites for hydroxylation is 1. The van der Waals surface area contributed by atoms with E-state index in [4.69, 9.17) is 9.84 Å². The van der Waals surface area contributed by atoms with E-state index in [-0.39, 0.29) is 18.1 Å². The van der Waals surface area contributed by atoms with Gasteiger partial charge in [-0.3, -0.25) is 9.48 Å². The van der Waals surface area contributed by atoms with Gasteiger partial charge in [0.2, 0.25) is 0 Å². The van der Waals surface area contributed by atoms with Gasteiger partial charge < -0.3 is 14.5 Å². The van der Waals surface area contributed by atoms with Gasteiger partial charge in [0, 0.05) is 57.5 Å². The highest BCUT2D eigenvalue weighted by molar-refractivity contribution is 5.94. The molecule has 28 heavy (non-hydrogen) atoms. The topological polar surface area (TPSA) is 63.5 Å². The van der Waals surface area contributed by atoms with Gasteiger partial charge in [0.05, 0.1) is 17.9 Å². The first kappa shape index (κ1) is 18.9. The Morgan fingerprint density at radius 2 is 2.11 bits per heavy atom. The standard InChI is InChI=1S/C21H29N5O2/c1-6-26-19(16-11-13(2)28-14(3)18(16)23-26)21(27)25-10-8-15-7-9-22-20(24(4)5)17(15)12-25/h7,9,13-14H,6,8,10-12H2,1-5H3/t13-,14+/m0/s1. The van der Waals surface area contributed by atoms with Gasteiger partial charge in [-0.2, -0.15) is 5.10 Å². The van der Waals surface area contributed by atoms with Crippen LogP contribution in [0, 0.1) is 0 Å². The zero-order valence-corrected chi connectivity index (χ0v) is 17.4. The lowest BCUT2D eigenvalue weighted by atomic mass is 9.97. The summed E-state index contributed by atoms with van der Waals surface area (Å²) in [7, 11) is 3.99. The number of carbonyl (C=O) groups is 1. The Balaban J connectivity index is 1.70. The highest BCUT2D eigenvalue weighted by Gasteiger charge is 2.34. The van der Waals surface area contributed by atoms with Crippen molar-refractivity contribution in [2.75, 3.05) is 25.5 Å². The lowest BCUT2D eigenvalue weighted by molar-refractivity contribution is -0.00716. The van der Waals surface area contributed by atoms with Crippen LogP contribution in [0.25, 0.3) is 0 Å².